The van der Waals surface area contributed by atoms with Crippen LogP contribution in [0.25, 0.3) is 6.08 Å². The largest absolute Gasteiger partial charge is 0.493 e. The predicted molar refractivity (Wildman–Crippen MR) is 110 cm³/mol. The van der Waals surface area contributed by atoms with E-state index in [0.29, 0.717) is 28.1 Å². The Morgan fingerprint density at radius 1 is 1.39 bits per heavy atom. The minimum atomic E-state index is -0.991. The van der Waals surface area contributed by atoms with Crippen LogP contribution in [-0.4, -0.2) is 48.4 Å². The number of hydrogen-bond acceptors (Lipinski definition) is 7. The molecule has 1 aromatic carbocycles. The first kappa shape index (κ1) is 22.0. The van der Waals surface area contributed by atoms with Crippen LogP contribution in [0.5, 0.6) is 11.5 Å². The summed E-state index contributed by atoms with van der Waals surface area (Å²) in [6.07, 6.45) is 3.17. The highest BCUT2D eigenvalue weighted by molar-refractivity contribution is 9.10. The Morgan fingerprint density at radius 3 is 2.71 bits per heavy atom. The maximum absolute atomic E-state index is 12.6. The van der Waals surface area contributed by atoms with Crippen LogP contribution in [0.2, 0.25) is 0 Å². The van der Waals surface area contributed by atoms with E-state index in [0.717, 1.165) is 16.7 Å². The van der Waals surface area contributed by atoms with Crippen molar-refractivity contribution in [2.24, 2.45) is 0 Å². The molecule has 0 saturated carbocycles. The third-order valence-electron chi connectivity index (χ3n) is 3.73. The van der Waals surface area contributed by atoms with Gasteiger partial charge in [-0.25, -0.2) is 4.79 Å². The van der Waals surface area contributed by atoms with E-state index in [4.69, 9.17) is 14.2 Å². The van der Waals surface area contributed by atoms with Crippen molar-refractivity contribution in [2.75, 3.05) is 20.3 Å². The molecule has 1 atom stereocenters. The van der Waals surface area contributed by atoms with Gasteiger partial charge in [0.15, 0.2) is 11.5 Å². The number of methoxy groups -OCH3 is 1. The van der Waals surface area contributed by atoms with Gasteiger partial charge in [-0.3, -0.25) is 14.5 Å². The fraction of sp³-hybridized carbons (Fsp3) is 0.316. The third-order valence-corrected chi connectivity index (χ3v) is 5.21. The van der Waals surface area contributed by atoms with E-state index in [1.165, 1.54) is 14.0 Å². The van der Waals surface area contributed by atoms with Crippen LogP contribution in [0.15, 0.2) is 34.2 Å². The highest BCUT2D eigenvalue weighted by atomic mass is 79.9. The summed E-state index contributed by atoms with van der Waals surface area (Å²) in [4.78, 5) is 37.9. The monoisotopic (exact) mass is 469 g/mol. The number of carbonyl (C=O) groups excluding carboxylic acids is 3. The van der Waals surface area contributed by atoms with Crippen molar-refractivity contribution in [3.63, 3.8) is 0 Å². The van der Waals surface area contributed by atoms with Crippen LogP contribution in [0.1, 0.15) is 19.4 Å². The quantitative estimate of drug-likeness (QED) is 0.323. The molecule has 1 aromatic rings. The number of benzene rings is 1. The van der Waals surface area contributed by atoms with E-state index in [9.17, 15) is 14.4 Å². The Balaban J connectivity index is 2.32. The fourth-order valence-electron chi connectivity index (χ4n) is 2.44. The van der Waals surface area contributed by atoms with E-state index < -0.39 is 23.2 Å². The molecule has 0 aliphatic carbocycles. The van der Waals surface area contributed by atoms with Crippen molar-refractivity contribution < 1.29 is 28.6 Å². The van der Waals surface area contributed by atoms with E-state index >= 15 is 0 Å². The molecule has 0 bridgehead atoms. The Bertz CT molecular complexity index is 838. The fourth-order valence-corrected chi connectivity index (χ4v) is 3.92. The standard InChI is InChI=1S/C19H20BrNO6S/c1-5-7-27-16-13(20)8-12(9-14(16)25-4)10-15-17(22)21(19(24)28-15)11(3)18(23)26-6-2/h5,8-11H,1,6-7H2,2-4H3/b15-10-/t11-/m0/s1. The zero-order valence-electron chi connectivity index (χ0n) is 15.7. The maximum Gasteiger partial charge on any atom is 0.329 e. The number of esters is 1. The Labute approximate surface area is 175 Å². The highest BCUT2D eigenvalue weighted by Crippen LogP contribution is 2.39. The molecule has 0 N–H and O–H groups in total. The Hall–Kier alpha value is -2.26. The van der Waals surface area contributed by atoms with Crippen molar-refractivity contribution in [1.82, 2.24) is 4.90 Å². The molecule has 1 saturated heterocycles. The molecule has 7 nitrogen and oxygen atoms in total. The summed E-state index contributed by atoms with van der Waals surface area (Å²) in [7, 11) is 1.50. The minimum Gasteiger partial charge on any atom is -0.493 e. The van der Waals surface area contributed by atoms with Gasteiger partial charge in [0.05, 0.1) is 23.1 Å². The SMILES string of the molecule is C=CCOc1c(Br)cc(/C=C2\SC(=O)N([C@@H](C)C(=O)OCC)C2=O)cc1OC. The van der Waals surface area contributed by atoms with E-state index in [1.54, 1.807) is 31.2 Å². The van der Waals surface area contributed by atoms with Gasteiger partial charge in [0.25, 0.3) is 11.1 Å². The van der Waals surface area contributed by atoms with Crippen molar-refractivity contribution in [3.8, 4) is 11.5 Å². The molecule has 2 rings (SSSR count). The van der Waals surface area contributed by atoms with Gasteiger partial charge < -0.3 is 14.2 Å². The van der Waals surface area contributed by atoms with Crippen molar-refractivity contribution in [3.05, 3.63) is 39.7 Å². The van der Waals surface area contributed by atoms with Gasteiger partial charge >= 0.3 is 5.97 Å². The van der Waals surface area contributed by atoms with E-state index in [-0.39, 0.29) is 11.5 Å². The lowest BCUT2D eigenvalue weighted by Crippen LogP contribution is -2.42. The molecule has 0 unspecified atom stereocenters. The van der Waals surface area contributed by atoms with Gasteiger partial charge in [-0.1, -0.05) is 12.7 Å². The molecule has 0 radical (unpaired) electrons. The third kappa shape index (κ3) is 4.77. The van der Waals surface area contributed by atoms with Crippen LogP contribution in [0.4, 0.5) is 4.79 Å². The van der Waals surface area contributed by atoms with Crippen LogP contribution < -0.4 is 9.47 Å². The number of halogens is 1. The number of carbonyl (C=O) groups is 3. The predicted octanol–water partition coefficient (Wildman–Crippen LogP) is 4.01. The van der Waals surface area contributed by atoms with Crippen LogP contribution in [-0.2, 0) is 14.3 Å². The second-order valence-corrected chi connectivity index (χ2v) is 7.46. The number of hydrogen-bond donors (Lipinski definition) is 0. The average molecular weight is 470 g/mol. The number of ether oxygens (including phenoxy) is 3. The summed E-state index contributed by atoms with van der Waals surface area (Å²) in [5, 5.41) is -0.520. The van der Waals surface area contributed by atoms with Gasteiger partial charge in [0, 0.05) is 0 Å². The second kappa shape index (κ2) is 9.79. The molecule has 1 aliphatic heterocycles. The van der Waals surface area contributed by atoms with E-state index in [1.807, 2.05) is 0 Å². The molecule has 9 heteroatoms. The lowest BCUT2D eigenvalue weighted by molar-refractivity contribution is -0.150. The van der Waals surface area contributed by atoms with E-state index in [2.05, 4.69) is 22.5 Å². The molecule has 1 heterocycles. The van der Waals surface area contributed by atoms with Crippen molar-refractivity contribution in [2.45, 2.75) is 19.9 Å². The molecule has 1 aliphatic rings. The summed E-state index contributed by atoms with van der Waals surface area (Å²) >= 11 is 4.19. The number of amides is 2. The first-order valence-electron chi connectivity index (χ1n) is 8.38. The second-order valence-electron chi connectivity index (χ2n) is 5.61. The van der Waals surface area contributed by atoms with Gasteiger partial charge in [0.2, 0.25) is 0 Å². The Kier molecular flexibility index (Phi) is 7.70. The summed E-state index contributed by atoms with van der Waals surface area (Å²) in [5.41, 5.74) is 0.629. The van der Waals surface area contributed by atoms with Crippen LogP contribution in [0.3, 0.4) is 0 Å². The Morgan fingerprint density at radius 2 is 2.11 bits per heavy atom. The molecule has 0 spiro atoms. The molecule has 0 aromatic heterocycles. The zero-order chi connectivity index (χ0) is 20.8. The molecule has 150 valence electrons. The number of nitrogens with zero attached hydrogens (tertiary/aromatic N) is 1. The topological polar surface area (TPSA) is 82.1 Å². The average Bonchev–Trinajstić information content (AvgIpc) is 2.93. The normalized spacial score (nSPS) is 16.3. The van der Waals surface area contributed by atoms with Crippen LogP contribution >= 0.6 is 27.7 Å². The first-order chi connectivity index (χ1) is 13.3. The van der Waals surface area contributed by atoms with Crippen LogP contribution in [0, 0.1) is 0 Å². The van der Waals surface area contributed by atoms with Gasteiger partial charge in [-0.05, 0) is 65.3 Å². The molecular weight excluding hydrogens is 450 g/mol. The number of rotatable bonds is 8. The number of thioether (sulfide) groups is 1. The van der Waals surface area contributed by atoms with Gasteiger partial charge in [0.1, 0.15) is 12.6 Å². The molecule has 2 amide bonds. The lowest BCUT2D eigenvalue weighted by Gasteiger charge is -2.19. The molecule has 28 heavy (non-hydrogen) atoms. The molecule has 1 fully saturated rings. The number of imide groups is 1. The smallest absolute Gasteiger partial charge is 0.329 e. The summed E-state index contributed by atoms with van der Waals surface area (Å²) in [6, 6.07) is 2.43. The summed E-state index contributed by atoms with van der Waals surface area (Å²) in [5.74, 6) is -0.206. The summed E-state index contributed by atoms with van der Waals surface area (Å²) < 4.78 is 16.4. The highest BCUT2D eigenvalue weighted by Gasteiger charge is 2.41. The minimum absolute atomic E-state index is 0.170. The van der Waals surface area contributed by atoms with Crippen molar-refractivity contribution in [1.29, 1.82) is 0 Å². The lowest BCUT2D eigenvalue weighted by atomic mass is 10.1. The maximum atomic E-state index is 12.6. The van der Waals surface area contributed by atoms with Crippen molar-refractivity contribution >= 4 is 50.9 Å². The van der Waals surface area contributed by atoms with Gasteiger partial charge in [-0.15, -0.1) is 0 Å². The first-order valence-corrected chi connectivity index (χ1v) is 9.99. The molecular formula is C19H20BrNO6S. The van der Waals surface area contributed by atoms with Gasteiger partial charge in [-0.2, -0.15) is 0 Å². The zero-order valence-corrected chi connectivity index (χ0v) is 18.1. The summed E-state index contributed by atoms with van der Waals surface area (Å²) in [6.45, 7) is 7.20.